The lowest BCUT2D eigenvalue weighted by atomic mass is 10.1. The van der Waals surface area contributed by atoms with Crippen LogP contribution < -0.4 is 19.9 Å². The molecular formula is C30H34FN5O3. The van der Waals surface area contributed by atoms with E-state index in [9.17, 15) is 14.0 Å². The number of likely N-dealkylation sites (tertiary alicyclic amines) is 1. The van der Waals surface area contributed by atoms with E-state index in [1.807, 2.05) is 52.3 Å². The van der Waals surface area contributed by atoms with Crippen LogP contribution in [0.4, 0.5) is 15.9 Å². The maximum atomic E-state index is 14.4. The van der Waals surface area contributed by atoms with E-state index in [4.69, 9.17) is 9.72 Å². The number of halogens is 1. The topological polar surface area (TPSA) is 78.0 Å². The molecule has 0 radical (unpaired) electrons. The lowest BCUT2D eigenvalue weighted by Gasteiger charge is -2.37. The van der Waals surface area contributed by atoms with Gasteiger partial charge in [0.2, 0.25) is 5.91 Å². The Labute approximate surface area is 228 Å². The van der Waals surface area contributed by atoms with Crippen molar-refractivity contribution in [2.75, 3.05) is 62.7 Å². The van der Waals surface area contributed by atoms with Crippen LogP contribution in [0.25, 0.3) is 11.3 Å². The molecule has 0 atom stereocenters. The number of aromatic nitrogens is 1. The monoisotopic (exact) mass is 531 g/mol. The minimum atomic E-state index is -0.238. The van der Waals surface area contributed by atoms with Crippen LogP contribution in [0.5, 0.6) is 5.75 Å². The number of anilines is 2. The summed E-state index contributed by atoms with van der Waals surface area (Å²) in [7, 11) is 1.62. The highest BCUT2D eigenvalue weighted by atomic mass is 19.1. The van der Waals surface area contributed by atoms with Crippen LogP contribution in [0.1, 0.15) is 29.6 Å². The smallest absolute Gasteiger partial charge is 0.255 e. The molecule has 204 valence electrons. The molecule has 1 N–H and O–H groups in total. The van der Waals surface area contributed by atoms with Gasteiger partial charge in [-0.25, -0.2) is 9.37 Å². The normalized spacial score (nSPS) is 15.5. The molecule has 8 nitrogen and oxygen atoms in total. The van der Waals surface area contributed by atoms with E-state index in [0.717, 1.165) is 18.5 Å². The second-order valence-electron chi connectivity index (χ2n) is 9.79. The molecule has 0 saturated carbocycles. The van der Waals surface area contributed by atoms with E-state index in [1.165, 1.54) is 6.07 Å². The van der Waals surface area contributed by atoms with Crippen molar-refractivity contribution in [2.45, 2.75) is 19.3 Å². The zero-order valence-corrected chi connectivity index (χ0v) is 22.2. The van der Waals surface area contributed by atoms with E-state index < -0.39 is 0 Å². The lowest BCUT2D eigenvalue weighted by molar-refractivity contribution is -0.127. The number of hydrogen-bond donors (Lipinski definition) is 1. The van der Waals surface area contributed by atoms with Gasteiger partial charge in [-0.2, -0.15) is 0 Å². The van der Waals surface area contributed by atoms with Gasteiger partial charge in [0.1, 0.15) is 17.4 Å². The molecule has 9 heteroatoms. The van der Waals surface area contributed by atoms with E-state index >= 15 is 0 Å². The molecule has 2 amide bonds. The van der Waals surface area contributed by atoms with Crippen molar-refractivity contribution >= 4 is 23.3 Å². The van der Waals surface area contributed by atoms with Crippen LogP contribution in [0.15, 0.2) is 60.7 Å². The predicted molar refractivity (Wildman–Crippen MR) is 150 cm³/mol. The number of benzene rings is 2. The highest BCUT2D eigenvalue weighted by Crippen LogP contribution is 2.32. The average molecular weight is 532 g/mol. The molecule has 0 aliphatic carbocycles. The van der Waals surface area contributed by atoms with E-state index in [-0.39, 0.29) is 17.6 Å². The molecule has 0 bridgehead atoms. The third-order valence-corrected chi connectivity index (χ3v) is 7.34. The number of carbonyl (C=O) groups is 2. The Morgan fingerprint density at radius 2 is 1.72 bits per heavy atom. The Bertz CT molecular complexity index is 1330. The summed E-state index contributed by atoms with van der Waals surface area (Å²) in [4.78, 5) is 36.1. The first-order chi connectivity index (χ1) is 19.0. The summed E-state index contributed by atoms with van der Waals surface area (Å²) in [6, 6.07) is 18.1. The number of hydrogen-bond acceptors (Lipinski definition) is 6. The summed E-state index contributed by atoms with van der Waals surface area (Å²) in [6.45, 7) is 4.30. The molecule has 3 aromatic rings. The molecule has 1 aromatic heterocycles. The van der Waals surface area contributed by atoms with E-state index in [0.29, 0.717) is 80.6 Å². The van der Waals surface area contributed by atoms with Crippen LogP contribution in [0.2, 0.25) is 0 Å². The van der Waals surface area contributed by atoms with Gasteiger partial charge in [-0.15, -0.1) is 0 Å². The zero-order chi connectivity index (χ0) is 27.2. The maximum Gasteiger partial charge on any atom is 0.255 e. The van der Waals surface area contributed by atoms with E-state index in [1.54, 1.807) is 19.2 Å². The molecule has 2 saturated heterocycles. The fourth-order valence-corrected chi connectivity index (χ4v) is 5.25. The van der Waals surface area contributed by atoms with Crippen LogP contribution in [0, 0.1) is 5.82 Å². The Balaban J connectivity index is 1.34. The number of methoxy groups -OCH3 is 1. The molecule has 2 aromatic carbocycles. The summed E-state index contributed by atoms with van der Waals surface area (Å²) in [5, 5.41) is 3.01. The van der Waals surface area contributed by atoms with Crippen molar-refractivity contribution in [3.63, 3.8) is 0 Å². The first-order valence-electron chi connectivity index (χ1n) is 13.5. The molecule has 2 fully saturated rings. The van der Waals surface area contributed by atoms with Gasteiger partial charge >= 0.3 is 0 Å². The highest BCUT2D eigenvalue weighted by molar-refractivity contribution is 5.99. The first-order valence-corrected chi connectivity index (χ1v) is 13.5. The van der Waals surface area contributed by atoms with Crippen molar-refractivity contribution in [3.8, 4) is 17.0 Å². The minimum Gasteiger partial charge on any atom is -0.496 e. The summed E-state index contributed by atoms with van der Waals surface area (Å²) < 4.78 is 19.9. The van der Waals surface area contributed by atoms with Gasteiger partial charge in [0, 0.05) is 57.8 Å². The van der Waals surface area contributed by atoms with Gasteiger partial charge in [0.25, 0.3) is 5.91 Å². The molecule has 2 aliphatic rings. The molecule has 5 rings (SSSR count). The largest absolute Gasteiger partial charge is 0.496 e. The highest BCUT2D eigenvalue weighted by Gasteiger charge is 2.25. The predicted octanol–water partition coefficient (Wildman–Crippen LogP) is 3.97. The third-order valence-electron chi connectivity index (χ3n) is 7.34. The third kappa shape index (κ3) is 5.97. The fourth-order valence-electron chi connectivity index (χ4n) is 5.25. The number of carbonyl (C=O) groups excluding carboxylic acids is 2. The molecule has 2 aliphatic heterocycles. The number of amides is 2. The quantitative estimate of drug-likeness (QED) is 0.421. The Kier molecular flexibility index (Phi) is 8.24. The number of para-hydroxylation sites is 2. The molecule has 0 spiro atoms. The first kappa shape index (κ1) is 26.5. The summed E-state index contributed by atoms with van der Waals surface area (Å²) >= 11 is 0. The van der Waals surface area contributed by atoms with E-state index in [2.05, 4.69) is 10.2 Å². The number of nitrogens with zero attached hydrogens (tertiary/aromatic N) is 4. The maximum absolute atomic E-state index is 14.4. The Morgan fingerprint density at radius 3 is 2.46 bits per heavy atom. The molecule has 3 heterocycles. The molecule has 0 unspecified atom stereocenters. The van der Waals surface area contributed by atoms with Gasteiger partial charge in [0.15, 0.2) is 0 Å². The van der Waals surface area contributed by atoms with Crippen LogP contribution in [0.3, 0.4) is 0 Å². The second-order valence-corrected chi connectivity index (χ2v) is 9.79. The molecule has 39 heavy (non-hydrogen) atoms. The van der Waals surface area contributed by atoms with Crippen molar-refractivity contribution in [3.05, 3.63) is 72.0 Å². The van der Waals surface area contributed by atoms with Crippen molar-refractivity contribution in [1.82, 2.24) is 15.2 Å². The number of rotatable bonds is 9. The van der Waals surface area contributed by atoms with Gasteiger partial charge < -0.3 is 24.8 Å². The summed E-state index contributed by atoms with van der Waals surface area (Å²) in [5.74, 6) is 1.05. The Morgan fingerprint density at radius 1 is 0.974 bits per heavy atom. The Hall–Kier alpha value is -4.14. The van der Waals surface area contributed by atoms with Gasteiger partial charge in [-0.05, 0) is 49.2 Å². The van der Waals surface area contributed by atoms with Gasteiger partial charge in [-0.3, -0.25) is 9.59 Å². The van der Waals surface area contributed by atoms with Crippen molar-refractivity contribution in [1.29, 1.82) is 0 Å². The number of piperazine rings is 1. The molecular weight excluding hydrogens is 497 g/mol. The standard InChI is InChI=1S/C30H34FN5O3/c1-39-27-11-5-2-8-22(27)25-14-13-23(30(38)32-15-7-17-35-16-6-12-28(35)37)29(33-25)36-20-18-34(19-21-36)26-10-4-3-9-24(26)31/h2-5,8-11,13-14H,6-7,12,15-21H2,1H3,(H,32,38). The number of nitrogens with one attached hydrogen (secondary N) is 1. The second kappa shape index (κ2) is 12.1. The zero-order valence-electron chi connectivity index (χ0n) is 22.2. The van der Waals surface area contributed by atoms with Gasteiger partial charge in [0.05, 0.1) is 24.1 Å². The SMILES string of the molecule is COc1ccccc1-c1ccc(C(=O)NCCCN2CCCC2=O)c(N2CCN(c3ccccc3F)CC2)n1. The summed E-state index contributed by atoms with van der Waals surface area (Å²) in [5.41, 5.74) is 2.63. The van der Waals surface area contributed by atoms with Crippen LogP contribution in [-0.4, -0.2) is 74.6 Å². The minimum absolute atomic E-state index is 0.189. The van der Waals surface area contributed by atoms with Crippen LogP contribution >= 0.6 is 0 Å². The van der Waals surface area contributed by atoms with Crippen molar-refractivity contribution < 1.29 is 18.7 Å². The lowest BCUT2D eigenvalue weighted by Crippen LogP contribution is -2.47. The fraction of sp³-hybridized carbons (Fsp3) is 0.367. The van der Waals surface area contributed by atoms with Crippen LogP contribution in [-0.2, 0) is 4.79 Å². The number of pyridine rings is 1. The average Bonchev–Trinajstić information content (AvgIpc) is 3.39. The van der Waals surface area contributed by atoms with Gasteiger partial charge in [-0.1, -0.05) is 24.3 Å². The summed E-state index contributed by atoms with van der Waals surface area (Å²) in [6.07, 6.45) is 2.22. The van der Waals surface area contributed by atoms with Crippen molar-refractivity contribution in [2.24, 2.45) is 0 Å². The number of ether oxygens (including phenoxy) is 1.